The van der Waals surface area contributed by atoms with Crippen LogP contribution in [0.4, 0.5) is 10.1 Å². The molecule has 25 heavy (non-hydrogen) atoms. The number of carbonyl (C=O) groups excluding carboxylic acids is 1. The first-order valence-corrected chi connectivity index (χ1v) is 8.31. The average Bonchev–Trinajstić information content (AvgIpc) is 2.58. The fourth-order valence-electron chi connectivity index (χ4n) is 2.12. The number of nitrogens with two attached hydrogens (primary N) is 1. The summed E-state index contributed by atoms with van der Waals surface area (Å²) in [6.45, 7) is 2.20. The van der Waals surface area contributed by atoms with Crippen LogP contribution in [-0.4, -0.2) is 24.7 Å². The number of aromatic nitrogens is 1. The van der Waals surface area contributed by atoms with E-state index in [1.807, 2.05) is 6.92 Å². The second-order valence-corrected chi connectivity index (χ2v) is 5.98. The molecule has 0 radical (unpaired) electrons. The van der Waals surface area contributed by atoms with Crippen LogP contribution in [0, 0.1) is 5.82 Å². The minimum atomic E-state index is -0.715. The molecule has 0 aliphatic rings. The van der Waals surface area contributed by atoms with Crippen LogP contribution in [0.3, 0.4) is 0 Å². The monoisotopic (exact) mass is 386 g/mol. The normalized spacial score (nSPS) is 10.6. The predicted octanol–water partition coefficient (Wildman–Crippen LogP) is 4.74. The Kier molecular flexibility index (Phi) is 6.45. The second kappa shape index (κ2) is 8.36. The van der Waals surface area contributed by atoms with E-state index in [0.29, 0.717) is 6.42 Å². The summed E-state index contributed by atoms with van der Waals surface area (Å²) in [5.41, 5.74) is 5.96. The molecular weight excluding hydrogens is 370 g/mol. The summed E-state index contributed by atoms with van der Waals surface area (Å²) >= 11 is 11.9. The third-order valence-electron chi connectivity index (χ3n) is 3.44. The Balaban J connectivity index is 2.49. The third-order valence-corrected chi connectivity index (χ3v) is 4.13. The van der Waals surface area contributed by atoms with Gasteiger partial charge in [-0.3, -0.25) is 0 Å². The van der Waals surface area contributed by atoms with Gasteiger partial charge in [-0.05, 0) is 24.6 Å². The number of carbonyl (C=O) groups is 1. The van der Waals surface area contributed by atoms with Crippen molar-refractivity contribution in [2.45, 2.75) is 19.8 Å². The molecule has 134 valence electrons. The zero-order chi connectivity index (χ0) is 18.6. The minimum absolute atomic E-state index is 0.0356. The van der Waals surface area contributed by atoms with Gasteiger partial charge in [-0.25, -0.2) is 14.2 Å². The van der Waals surface area contributed by atoms with Crippen molar-refractivity contribution < 1.29 is 18.7 Å². The van der Waals surface area contributed by atoms with E-state index in [4.69, 9.17) is 38.4 Å². The molecule has 0 atom stereocenters. The van der Waals surface area contributed by atoms with Crippen LogP contribution < -0.4 is 10.5 Å². The summed E-state index contributed by atoms with van der Waals surface area (Å²) in [6.07, 6.45) is 1.58. The summed E-state index contributed by atoms with van der Waals surface area (Å²) in [7, 11) is 1.30. The summed E-state index contributed by atoms with van der Waals surface area (Å²) in [5.74, 6) is -1.55. The molecule has 1 aromatic heterocycles. The van der Waals surface area contributed by atoms with Crippen molar-refractivity contribution in [3.8, 4) is 17.0 Å². The number of benzene rings is 1. The van der Waals surface area contributed by atoms with Gasteiger partial charge in [0.2, 0.25) is 0 Å². The molecule has 0 amide bonds. The largest absolute Gasteiger partial charge is 0.492 e. The highest BCUT2D eigenvalue weighted by Crippen LogP contribution is 2.36. The maximum absolute atomic E-state index is 14.6. The van der Waals surface area contributed by atoms with Gasteiger partial charge < -0.3 is 15.2 Å². The summed E-state index contributed by atoms with van der Waals surface area (Å²) < 4.78 is 24.7. The molecule has 2 N–H and O–H groups in total. The van der Waals surface area contributed by atoms with Crippen molar-refractivity contribution in [3.63, 3.8) is 0 Å². The third kappa shape index (κ3) is 4.14. The summed E-state index contributed by atoms with van der Waals surface area (Å²) in [6, 6.07) is 4.25. The second-order valence-electron chi connectivity index (χ2n) is 5.19. The molecule has 8 heteroatoms. The van der Waals surface area contributed by atoms with Gasteiger partial charge in [-0.15, -0.1) is 0 Å². The van der Waals surface area contributed by atoms with Gasteiger partial charge in [0.1, 0.15) is 0 Å². The summed E-state index contributed by atoms with van der Waals surface area (Å²) in [4.78, 5) is 16.3. The highest BCUT2D eigenvalue weighted by atomic mass is 35.5. The number of pyridine rings is 1. The number of anilines is 1. The van der Waals surface area contributed by atoms with Gasteiger partial charge in [0.25, 0.3) is 0 Å². The molecule has 1 heterocycles. The number of hydrogen-bond donors (Lipinski definition) is 1. The smallest absolute Gasteiger partial charge is 0.358 e. The molecule has 0 aliphatic carbocycles. The van der Waals surface area contributed by atoms with E-state index in [1.54, 1.807) is 0 Å². The van der Waals surface area contributed by atoms with Crippen molar-refractivity contribution >= 4 is 34.9 Å². The molecule has 2 aromatic rings. The van der Waals surface area contributed by atoms with E-state index in [2.05, 4.69) is 4.98 Å². The van der Waals surface area contributed by atoms with Crippen LogP contribution in [0.25, 0.3) is 11.3 Å². The Morgan fingerprint density at radius 3 is 2.72 bits per heavy atom. The minimum Gasteiger partial charge on any atom is -0.492 e. The van der Waals surface area contributed by atoms with Crippen LogP contribution in [0.15, 0.2) is 18.2 Å². The molecule has 0 spiro atoms. The highest BCUT2D eigenvalue weighted by Gasteiger charge is 2.21. The Labute approximate surface area is 154 Å². The zero-order valence-corrected chi connectivity index (χ0v) is 15.2. The number of esters is 1. The van der Waals surface area contributed by atoms with Gasteiger partial charge in [0.05, 0.1) is 35.1 Å². The highest BCUT2D eigenvalue weighted by molar-refractivity contribution is 6.35. The van der Waals surface area contributed by atoms with E-state index in [-0.39, 0.29) is 45.0 Å². The fourth-order valence-corrected chi connectivity index (χ4v) is 2.51. The summed E-state index contributed by atoms with van der Waals surface area (Å²) in [5, 5.41) is 0.0801. The lowest BCUT2D eigenvalue weighted by Gasteiger charge is -2.12. The van der Waals surface area contributed by atoms with Gasteiger partial charge in [0, 0.05) is 5.56 Å². The quantitative estimate of drug-likeness (QED) is 0.572. The molecule has 5 nitrogen and oxygen atoms in total. The van der Waals surface area contributed by atoms with Crippen molar-refractivity contribution in [1.29, 1.82) is 0 Å². The van der Waals surface area contributed by atoms with Crippen LogP contribution in [0.2, 0.25) is 10.0 Å². The van der Waals surface area contributed by atoms with Gasteiger partial charge in [0.15, 0.2) is 17.3 Å². The molecule has 0 bridgehead atoms. The van der Waals surface area contributed by atoms with E-state index in [0.717, 1.165) is 6.42 Å². The molecule has 0 unspecified atom stereocenters. The maximum Gasteiger partial charge on any atom is 0.358 e. The molecular formula is C17H17Cl2FN2O3. The van der Waals surface area contributed by atoms with Gasteiger partial charge >= 0.3 is 5.97 Å². The maximum atomic E-state index is 14.6. The first kappa shape index (κ1) is 19.3. The number of hydrogen-bond acceptors (Lipinski definition) is 5. The number of halogens is 3. The predicted molar refractivity (Wildman–Crippen MR) is 95.8 cm³/mol. The average molecular weight is 387 g/mol. The number of nitrogen functional groups attached to an aromatic ring is 1. The molecule has 0 aliphatic heterocycles. The molecule has 1 aromatic carbocycles. The molecule has 0 fully saturated rings. The number of unbranched alkanes of at least 4 members (excludes halogenated alkanes) is 1. The standard InChI is InChI=1S/C17H17Cl2FN2O3/c1-3-4-7-25-17(23)15-13(19)11(21)8-12(22-15)9-5-6-10(18)16(24-2)14(9)20/h5-6,8H,3-4,7H2,1-2H3,(H2,21,22). The molecule has 2 rings (SSSR count). The van der Waals surface area contributed by atoms with Crippen LogP contribution in [-0.2, 0) is 4.74 Å². The Hall–Kier alpha value is -2.05. The van der Waals surface area contributed by atoms with Crippen LogP contribution in [0.5, 0.6) is 5.75 Å². The number of rotatable bonds is 6. The van der Waals surface area contributed by atoms with Crippen molar-refractivity contribution in [2.24, 2.45) is 0 Å². The first-order valence-electron chi connectivity index (χ1n) is 7.56. The first-order chi connectivity index (χ1) is 11.9. The lowest BCUT2D eigenvalue weighted by atomic mass is 10.1. The van der Waals surface area contributed by atoms with Gasteiger partial charge in [-0.1, -0.05) is 36.5 Å². The van der Waals surface area contributed by atoms with E-state index >= 15 is 0 Å². The Bertz CT molecular complexity index is 800. The number of ether oxygens (including phenoxy) is 2. The zero-order valence-electron chi connectivity index (χ0n) is 13.7. The number of methoxy groups -OCH3 is 1. The lowest BCUT2D eigenvalue weighted by Crippen LogP contribution is -2.11. The molecule has 0 saturated carbocycles. The number of nitrogens with zero attached hydrogens (tertiary/aromatic N) is 1. The van der Waals surface area contributed by atoms with Crippen molar-refractivity contribution in [1.82, 2.24) is 4.98 Å². The molecule has 0 saturated heterocycles. The fraction of sp³-hybridized carbons (Fsp3) is 0.294. The van der Waals surface area contributed by atoms with Gasteiger partial charge in [-0.2, -0.15) is 0 Å². The van der Waals surface area contributed by atoms with E-state index < -0.39 is 11.8 Å². The van der Waals surface area contributed by atoms with E-state index in [9.17, 15) is 9.18 Å². The Morgan fingerprint density at radius 2 is 2.08 bits per heavy atom. The van der Waals surface area contributed by atoms with Crippen molar-refractivity contribution in [3.05, 3.63) is 39.8 Å². The van der Waals surface area contributed by atoms with Crippen LogP contribution >= 0.6 is 23.2 Å². The lowest BCUT2D eigenvalue weighted by molar-refractivity contribution is 0.0493. The Morgan fingerprint density at radius 1 is 1.36 bits per heavy atom. The van der Waals surface area contributed by atoms with Crippen molar-refractivity contribution in [2.75, 3.05) is 19.5 Å². The van der Waals surface area contributed by atoms with Crippen LogP contribution in [0.1, 0.15) is 30.3 Å². The van der Waals surface area contributed by atoms with E-state index in [1.165, 1.54) is 25.3 Å². The topological polar surface area (TPSA) is 74.4 Å². The SMILES string of the molecule is CCCCOC(=O)c1nc(-c2ccc(Cl)c(OC)c2F)cc(N)c1Cl.